The van der Waals surface area contributed by atoms with Crippen LogP contribution in [0.5, 0.6) is 5.88 Å². The van der Waals surface area contributed by atoms with Crippen LogP contribution in [0.1, 0.15) is 25.3 Å². The van der Waals surface area contributed by atoms with E-state index in [1.54, 1.807) is 17.0 Å². The Morgan fingerprint density at radius 3 is 2.94 bits per heavy atom. The van der Waals surface area contributed by atoms with Gasteiger partial charge in [-0.1, -0.05) is 6.92 Å². The summed E-state index contributed by atoms with van der Waals surface area (Å²) in [5, 5.41) is 8.64. The number of aromatic nitrogens is 1. The molecule has 1 aromatic rings. The number of carbonyl (C=O) groups excluding carboxylic acids is 1. The first kappa shape index (κ1) is 12.4. The average molecular weight is 245 g/mol. The third-order valence-corrected chi connectivity index (χ3v) is 2.82. The zero-order valence-corrected chi connectivity index (χ0v) is 10.3. The van der Waals surface area contributed by atoms with E-state index in [4.69, 9.17) is 10.00 Å². The summed E-state index contributed by atoms with van der Waals surface area (Å²) >= 11 is 0. The van der Waals surface area contributed by atoms with Crippen LogP contribution in [0.25, 0.3) is 0 Å². The predicted octanol–water partition coefficient (Wildman–Crippen LogP) is 1.34. The van der Waals surface area contributed by atoms with Crippen LogP contribution in [0.15, 0.2) is 18.3 Å². The van der Waals surface area contributed by atoms with E-state index in [-0.39, 0.29) is 12.0 Å². The molecule has 1 aromatic heterocycles. The summed E-state index contributed by atoms with van der Waals surface area (Å²) in [4.78, 5) is 17.3. The maximum atomic E-state index is 11.5. The van der Waals surface area contributed by atoms with Crippen molar-refractivity contribution in [2.24, 2.45) is 0 Å². The second-order valence-corrected chi connectivity index (χ2v) is 4.29. The number of likely N-dealkylation sites (tertiary alicyclic amines) is 1. The number of rotatable bonds is 4. The molecular weight excluding hydrogens is 230 g/mol. The monoisotopic (exact) mass is 245 g/mol. The number of amides is 1. The smallest absolute Gasteiger partial charge is 0.222 e. The quantitative estimate of drug-likeness (QED) is 0.803. The van der Waals surface area contributed by atoms with Gasteiger partial charge in [0.15, 0.2) is 0 Å². The second kappa shape index (κ2) is 5.50. The van der Waals surface area contributed by atoms with E-state index < -0.39 is 0 Å². The first-order valence-corrected chi connectivity index (χ1v) is 6.03. The fourth-order valence-electron chi connectivity index (χ4n) is 1.78. The summed E-state index contributed by atoms with van der Waals surface area (Å²) in [6.45, 7) is 3.24. The standard InChI is InChI=1S/C13H15N3O2/c1-2-3-13(17)16-8-11(9-16)18-12-5-4-10(6-14)7-15-12/h4-5,7,11H,2-3,8-9H2,1H3. The first-order chi connectivity index (χ1) is 8.72. The molecule has 94 valence electrons. The molecular formula is C13H15N3O2. The van der Waals surface area contributed by atoms with Crippen LogP contribution >= 0.6 is 0 Å². The Labute approximate surface area is 106 Å². The van der Waals surface area contributed by atoms with Crippen LogP contribution in [0.3, 0.4) is 0 Å². The third-order valence-electron chi connectivity index (χ3n) is 2.82. The first-order valence-electron chi connectivity index (χ1n) is 6.03. The Morgan fingerprint density at radius 2 is 2.39 bits per heavy atom. The van der Waals surface area contributed by atoms with Crippen molar-refractivity contribution in [1.29, 1.82) is 5.26 Å². The van der Waals surface area contributed by atoms with Gasteiger partial charge < -0.3 is 9.64 Å². The number of hydrogen-bond donors (Lipinski definition) is 0. The minimum atomic E-state index is 0.0197. The van der Waals surface area contributed by atoms with Gasteiger partial charge in [0, 0.05) is 18.7 Å². The van der Waals surface area contributed by atoms with Crippen LogP contribution in [-0.4, -0.2) is 35.0 Å². The van der Waals surface area contributed by atoms with Crippen LogP contribution in [0.2, 0.25) is 0 Å². The molecule has 2 rings (SSSR count). The fraction of sp³-hybridized carbons (Fsp3) is 0.462. The highest BCUT2D eigenvalue weighted by Gasteiger charge is 2.31. The van der Waals surface area contributed by atoms with Crippen LogP contribution in [-0.2, 0) is 4.79 Å². The molecule has 1 aliphatic rings. The van der Waals surface area contributed by atoms with Crippen LogP contribution in [0, 0.1) is 11.3 Å². The van der Waals surface area contributed by atoms with Gasteiger partial charge >= 0.3 is 0 Å². The number of carbonyl (C=O) groups is 1. The van der Waals surface area contributed by atoms with Gasteiger partial charge in [-0.3, -0.25) is 4.79 Å². The normalized spacial score (nSPS) is 14.8. The zero-order valence-electron chi connectivity index (χ0n) is 10.3. The Bertz CT molecular complexity index is 458. The molecule has 18 heavy (non-hydrogen) atoms. The Hall–Kier alpha value is -2.09. The fourth-order valence-corrected chi connectivity index (χ4v) is 1.78. The van der Waals surface area contributed by atoms with Crippen molar-refractivity contribution in [3.63, 3.8) is 0 Å². The number of nitriles is 1. The summed E-state index contributed by atoms with van der Waals surface area (Å²) in [6.07, 6.45) is 2.97. The molecule has 1 saturated heterocycles. The van der Waals surface area contributed by atoms with Crippen LogP contribution in [0.4, 0.5) is 0 Å². The molecule has 1 aliphatic heterocycles. The van der Waals surface area contributed by atoms with Crippen molar-refractivity contribution >= 4 is 5.91 Å². The molecule has 0 spiro atoms. The molecule has 5 heteroatoms. The van der Waals surface area contributed by atoms with Gasteiger partial charge in [-0.25, -0.2) is 4.98 Å². The zero-order chi connectivity index (χ0) is 13.0. The van der Waals surface area contributed by atoms with Gasteiger partial charge in [0.05, 0.1) is 18.7 Å². The van der Waals surface area contributed by atoms with E-state index in [0.29, 0.717) is 31.0 Å². The van der Waals surface area contributed by atoms with E-state index >= 15 is 0 Å². The lowest BCUT2D eigenvalue weighted by molar-refractivity contribution is -0.140. The molecule has 1 amide bonds. The lowest BCUT2D eigenvalue weighted by Crippen LogP contribution is -2.56. The van der Waals surface area contributed by atoms with E-state index in [1.165, 1.54) is 6.20 Å². The van der Waals surface area contributed by atoms with E-state index in [9.17, 15) is 4.79 Å². The average Bonchev–Trinajstić information content (AvgIpc) is 2.34. The summed E-state index contributed by atoms with van der Waals surface area (Å²) < 4.78 is 5.59. The molecule has 0 aliphatic carbocycles. The van der Waals surface area contributed by atoms with Gasteiger partial charge in [0.2, 0.25) is 11.8 Å². The number of pyridine rings is 1. The van der Waals surface area contributed by atoms with Gasteiger partial charge in [-0.2, -0.15) is 5.26 Å². The third kappa shape index (κ3) is 2.77. The molecule has 1 fully saturated rings. The molecule has 0 radical (unpaired) electrons. The number of nitrogens with zero attached hydrogens (tertiary/aromatic N) is 3. The van der Waals surface area contributed by atoms with Crippen molar-refractivity contribution < 1.29 is 9.53 Å². The minimum absolute atomic E-state index is 0.0197. The SMILES string of the molecule is CCCC(=O)N1CC(Oc2ccc(C#N)cn2)C1. The molecule has 0 atom stereocenters. The molecule has 0 bridgehead atoms. The predicted molar refractivity (Wildman–Crippen MR) is 64.9 cm³/mol. The molecule has 0 saturated carbocycles. The second-order valence-electron chi connectivity index (χ2n) is 4.29. The number of hydrogen-bond acceptors (Lipinski definition) is 4. The Balaban J connectivity index is 1.79. The topological polar surface area (TPSA) is 66.2 Å². The largest absolute Gasteiger partial charge is 0.471 e. The maximum Gasteiger partial charge on any atom is 0.222 e. The van der Waals surface area contributed by atoms with Crippen LogP contribution < -0.4 is 4.74 Å². The summed E-state index contributed by atoms with van der Waals surface area (Å²) in [5.74, 6) is 0.687. The van der Waals surface area contributed by atoms with Crippen molar-refractivity contribution in [2.45, 2.75) is 25.9 Å². The summed E-state index contributed by atoms with van der Waals surface area (Å²) in [7, 11) is 0. The van der Waals surface area contributed by atoms with Gasteiger partial charge in [-0.15, -0.1) is 0 Å². The van der Waals surface area contributed by atoms with Gasteiger partial charge in [-0.05, 0) is 12.5 Å². The summed E-state index contributed by atoms with van der Waals surface area (Å²) in [6, 6.07) is 5.34. The van der Waals surface area contributed by atoms with Crippen molar-refractivity contribution in [1.82, 2.24) is 9.88 Å². The van der Waals surface area contributed by atoms with E-state index in [1.807, 2.05) is 13.0 Å². The molecule has 0 unspecified atom stereocenters. The summed E-state index contributed by atoms with van der Waals surface area (Å²) in [5.41, 5.74) is 0.510. The lowest BCUT2D eigenvalue weighted by Gasteiger charge is -2.38. The van der Waals surface area contributed by atoms with E-state index in [0.717, 1.165) is 6.42 Å². The molecule has 5 nitrogen and oxygen atoms in total. The Kier molecular flexibility index (Phi) is 3.78. The maximum absolute atomic E-state index is 11.5. The van der Waals surface area contributed by atoms with Crippen molar-refractivity contribution in [3.8, 4) is 11.9 Å². The number of ether oxygens (including phenoxy) is 1. The van der Waals surface area contributed by atoms with Crippen molar-refractivity contribution in [3.05, 3.63) is 23.9 Å². The molecule has 0 aromatic carbocycles. The van der Waals surface area contributed by atoms with E-state index in [2.05, 4.69) is 4.98 Å². The minimum Gasteiger partial charge on any atom is -0.471 e. The highest BCUT2D eigenvalue weighted by atomic mass is 16.5. The lowest BCUT2D eigenvalue weighted by atomic mass is 10.1. The van der Waals surface area contributed by atoms with Gasteiger partial charge in [0.25, 0.3) is 0 Å². The van der Waals surface area contributed by atoms with Crippen molar-refractivity contribution in [2.75, 3.05) is 13.1 Å². The molecule has 2 heterocycles. The Morgan fingerprint density at radius 1 is 1.61 bits per heavy atom. The highest BCUT2D eigenvalue weighted by Crippen LogP contribution is 2.17. The molecule has 0 N–H and O–H groups in total. The van der Waals surface area contributed by atoms with Gasteiger partial charge in [0.1, 0.15) is 12.2 Å². The highest BCUT2D eigenvalue weighted by molar-refractivity contribution is 5.77.